The van der Waals surface area contributed by atoms with Crippen molar-refractivity contribution in [2.24, 2.45) is 11.7 Å². The number of nitrogens with two attached hydrogens (primary N) is 1. The van der Waals surface area contributed by atoms with E-state index in [1.54, 1.807) is 0 Å². The monoisotopic (exact) mass is 455 g/mol. The van der Waals surface area contributed by atoms with Gasteiger partial charge in [-0.1, -0.05) is 13.0 Å². The van der Waals surface area contributed by atoms with Gasteiger partial charge in [-0.05, 0) is 25.1 Å². The Morgan fingerprint density at radius 2 is 1.94 bits per heavy atom. The second-order valence-corrected chi connectivity index (χ2v) is 7.63. The van der Waals surface area contributed by atoms with Crippen LogP contribution in [0.5, 0.6) is 5.75 Å². The van der Waals surface area contributed by atoms with Crippen LogP contribution in [0.4, 0.5) is 23.2 Å². The lowest BCUT2D eigenvalue weighted by molar-refractivity contribution is -0.272. The van der Waals surface area contributed by atoms with Gasteiger partial charge in [0.1, 0.15) is 23.4 Å². The van der Waals surface area contributed by atoms with E-state index in [-0.39, 0.29) is 22.7 Å². The maximum absolute atomic E-state index is 13.9. The summed E-state index contributed by atoms with van der Waals surface area (Å²) in [5.41, 5.74) is 2.67. The second kappa shape index (κ2) is 8.38. The molecular weight excluding hydrogens is 434 g/mol. The minimum absolute atomic E-state index is 0.00500. The third kappa shape index (κ3) is 4.12. The van der Waals surface area contributed by atoms with Gasteiger partial charge in [-0.15, -0.1) is 0 Å². The van der Waals surface area contributed by atoms with Crippen molar-refractivity contribution in [1.29, 1.82) is 0 Å². The van der Waals surface area contributed by atoms with Crippen LogP contribution in [0.15, 0.2) is 36.5 Å². The molecule has 3 N–H and O–H groups in total. The van der Waals surface area contributed by atoms with E-state index < -0.39 is 47.3 Å². The van der Waals surface area contributed by atoms with E-state index >= 15 is 0 Å². The zero-order valence-electron chi connectivity index (χ0n) is 17.4. The number of ether oxygens (including phenoxy) is 2. The summed E-state index contributed by atoms with van der Waals surface area (Å²) in [6.45, 7) is 2.18. The Bertz CT molecular complexity index is 1050. The largest absolute Gasteiger partial charge is 0.496 e. The highest BCUT2D eigenvalue weighted by Gasteiger charge is 2.65. The van der Waals surface area contributed by atoms with Gasteiger partial charge in [0.2, 0.25) is 0 Å². The van der Waals surface area contributed by atoms with Gasteiger partial charge >= 0.3 is 6.18 Å². The van der Waals surface area contributed by atoms with Gasteiger partial charge in [0.05, 0.1) is 7.11 Å². The third-order valence-corrected chi connectivity index (χ3v) is 5.76. The zero-order chi connectivity index (χ0) is 23.8. The second-order valence-electron chi connectivity index (χ2n) is 7.63. The lowest BCUT2D eigenvalue weighted by Crippen LogP contribution is -2.47. The van der Waals surface area contributed by atoms with E-state index in [0.29, 0.717) is 0 Å². The van der Waals surface area contributed by atoms with E-state index in [4.69, 9.17) is 15.2 Å². The first-order valence-corrected chi connectivity index (χ1v) is 9.53. The van der Waals surface area contributed by atoms with Gasteiger partial charge in [-0.25, -0.2) is 4.39 Å². The zero-order valence-corrected chi connectivity index (χ0v) is 17.4. The van der Waals surface area contributed by atoms with Gasteiger partial charge in [0.15, 0.2) is 5.60 Å². The Hall–Kier alpha value is -3.21. The lowest BCUT2D eigenvalue weighted by Gasteiger charge is -2.32. The van der Waals surface area contributed by atoms with E-state index in [0.717, 1.165) is 19.1 Å². The summed E-state index contributed by atoms with van der Waals surface area (Å²) < 4.78 is 66.0. The molecule has 2 amide bonds. The van der Waals surface area contributed by atoms with Crippen LogP contribution >= 0.6 is 0 Å². The topological polar surface area (TPSA) is 104 Å². The molecule has 0 aliphatic carbocycles. The molecule has 172 valence electrons. The lowest BCUT2D eigenvalue weighted by atomic mass is 9.77. The summed E-state index contributed by atoms with van der Waals surface area (Å²) in [5.74, 6) is -4.72. The van der Waals surface area contributed by atoms with Gasteiger partial charge in [0, 0.05) is 35.3 Å². The molecule has 1 aromatic carbocycles. The first kappa shape index (κ1) is 23.5. The molecule has 0 bridgehead atoms. The molecule has 1 aliphatic heterocycles. The number of benzene rings is 1. The molecule has 4 unspecified atom stereocenters. The highest BCUT2D eigenvalue weighted by molar-refractivity contribution is 5.97. The number of amides is 2. The number of anilines is 1. The summed E-state index contributed by atoms with van der Waals surface area (Å²) in [4.78, 5) is 28.1. The van der Waals surface area contributed by atoms with E-state index in [2.05, 4.69) is 10.3 Å². The van der Waals surface area contributed by atoms with Crippen molar-refractivity contribution in [2.45, 2.75) is 37.6 Å². The van der Waals surface area contributed by atoms with E-state index in [9.17, 15) is 27.2 Å². The average molecular weight is 455 g/mol. The van der Waals surface area contributed by atoms with Crippen LogP contribution in [0.2, 0.25) is 0 Å². The minimum Gasteiger partial charge on any atom is -0.496 e. The number of carbonyl (C=O) groups excluding carboxylic acids is 2. The molecule has 1 fully saturated rings. The highest BCUT2D eigenvalue weighted by Crippen LogP contribution is 2.54. The minimum atomic E-state index is -4.79. The fraction of sp³-hybridized carbons (Fsp3) is 0.381. The molecule has 1 saturated heterocycles. The normalized spacial score (nSPS) is 25.4. The summed E-state index contributed by atoms with van der Waals surface area (Å²) >= 11 is 0. The Labute approximate surface area is 180 Å². The SMILES string of the molecule is COc1cc(F)ccc1C1C(C(=O)Nc2ccnc(C(N)=O)c2)OC(C)(C(F)(F)F)C1C. The van der Waals surface area contributed by atoms with Crippen molar-refractivity contribution in [3.05, 3.63) is 53.6 Å². The van der Waals surface area contributed by atoms with Gasteiger partial charge in [-0.2, -0.15) is 13.2 Å². The van der Waals surface area contributed by atoms with Crippen LogP contribution in [0.3, 0.4) is 0 Å². The summed E-state index contributed by atoms with van der Waals surface area (Å²) in [5, 5.41) is 2.44. The molecule has 0 radical (unpaired) electrons. The molecule has 1 aromatic heterocycles. The van der Waals surface area contributed by atoms with Crippen LogP contribution in [0, 0.1) is 11.7 Å². The number of rotatable bonds is 5. The van der Waals surface area contributed by atoms with Crippen LogP contribution in [-0.4, -0.2) is 41.8 Å². The molecule has 11 heteroatoms. The Balaban J connectivity index is 2.04. The van der Waals surface area contributed by atoms with Crippen molar-refractivity contribution in [2.75, 3.05) is 12.4 Å². The molecule has 2 heterocycles. The third-order valence-electron chi connectivity index (χ3n) is 5.76. The maximum atomic E-state index is 13.9. The predicted molar refractivity (Wildman–Crippen MR) is 106 cm³/mol. The molecule has 7 nitrogen and oxygen atoms in total. The maximum Gasteiger partial charge on any atom is 0.417 e. The molecule has 1 aliphatic rings. The fourth-order valence-electron chi connectivity index (χ4n) is 3.84. The standard InChI is InChI=1S/C21H21F4N3O4/c1-10-16(13-5-4-11(22)8-15(13)31-3)17(32-20(10,2)21(23,24)25)19(30)28-12-6-7-27-14(9-12)18(26)29/h4-10,16-17H,1-3H3,(H2,26,29)(H,27,28,30). The number of halogens is 4. The quantitative estimate of drug-likeness (QED) is 0.673. The number of nitrogens with one attached hydrogen (secondary N) is 1. The van der Waals surface area contributed by atoms with Crippen LogP contribution < -0.4 is 15.8 Å². The molecule has 32 heavy (non-hydrogen) atoms. The number of hydrogen-bond donors (Lipinski definition) is 2. The van der Waals surface area contributed by atoms with Crippen molar-refractivity contribution < 1.29 is 36.6 Å². The molecule has 3 rings (SSSR count). The van der Waals surface area contributed by atoms with Crippen LogP contribution in [-0.2, 0) is 9.53 Å². The molecule has 4 atom stereocenters. The Morgan fingerprint density at radius 3 is 2.53 bits per heavy atom. The van der Waals surface area contributed by atoms with Crippen molar-refractivity contribution >= 4 is 17.5 Å². The number of carbonyl (C=O) groups is 2. The number of alkyl halides is 3. The predicted octanol–water partition coefficient (Wildman–Crippen LogP) is 3.41. The van der Waals surface area contributed by atoms with Gasteiger partial charge in [-0.3, -0.25) is 14.6 Å². The van der Waals surface area contributed by atoms with E-state index in [1.165, 1.54) is 38.4 Å². The van der Waals surface area contributed by atoms with E-state index in [1.807, 2.05) is 0 Å². The summed E-state index contributed by atoms with van der Waals surface area (Å²) in [6, 6.07) is 5.92. The molecule has 0 saturated carbocycles. The average Bonchev–Trinajstić information content (AvgIpc) is 3.00. The van der Waals surface area contributed by atoms with Gasteiger partial charge < -0.3 is 20.5 Å². The molecular formula is C21H21F4N3O4. The highest BCUT2D eigenvalue weighted by atomic mass is 19.4. The number of primary amides is 1. The smallest absolute Gasteiger partial charge is 0.417 e. The van der Waals surface area contributed by atoms with Crippen LogP contribution in [0.1, 0.15) is 35.8 Å². The Kier molecular flexibility index (Phi) is 6.14. The summed E-state index contributed by atoms with van der Waals surface area (Å²) in [7, 11) is 1.25. The van der Waals surface area contributed by atoms with Crippen molar-refractivity contribution in [1.82, 2.24) is 4.98 Å². The Morgan fingerprint density at radius 1 is 1.25 bits per heavy atom. The fourth-order valence-corrected chi connectivity index (χ4v) is 3.84. The first-order chi connectivity index (χ1) is 14.9. The number of nitrogens with zero attached hydrogens (tertiary/aromatic N) is 1. The van der Waals surface area contributed by atoms with Crippen molar-refractivity contribution in [3.63, 3.8) is 0 Å². The molecule has 2 aromatic rings. The first-order valence-electron chi connectivity index (χ1n) is 9.53. The number of aromatic nitrogens is 1. The number of pyridine rings is 1. The van der Waals surface area contributed by atoms with Crippen molar-refractivity contribution in [3.8, 4) is 5.75 Å². The van der Waals surface area contributed by atoms with Gasteiger partial charge in [0.25, 0.3) is 11.8 Å². The summed E-state index contributed by atoms with van der Waals surface area (Å²) in [6.07, 6.45) is -5.17. The number of methoxy groups -OCH3 is 1. The molecule has 0 spiro atoms. The van der Waals surface area contributed by atoms with Crippen LogP contribution in [0.25, 0.3) is 0 Å². The number of hydrogen-bond acceptors (Lipinski definition) is 5.